The van der Waals surface area contributed by atoms with E-state index in [1.54, 1.807) is 0 Å². The van der Waals surface area contributed by atoms with Gasteiger partial charge in [0.25, 0.3) is 0 Å². The minimum absolute atomic E-state index is 0.855. The van der Waals surface area contributed by atoms with Crippen LogP contribution in [0.15, 0.2) is 24.3 Å². The predicted molar refractivity (Wildman–Crippen MR) is 72.4 cm³/mol. The molecule has 0 unspecified atom stereocenters. The Hall–Kier alpha value is -1.74. The third-order valence-electron chi connectivity index (χ3n) is 3.53. The van der Waals surface area contributed by atoms with Gasteiger partial charge in [-0.25, -0.2) is 9.97 Å². The molecule has 2 aromatic rings. The van der Waals surface area contributed by atoms with Crippen LogP contribution in [0, 0.1) is 13.8 Å². The maximum Gasteiger partial charge on any atom is 0.159 e. The molecule has 0 saturated carbocycles. The van der Waals surface area contributed by atoms with Crippen molar-refractivity contribution in [2.24, 2.45) is 0 Å². The van der Waals surface area contributed by atoms with Gasteiger partial charge in [-0.2, -0.15) is 0 Å². The van der Waals surface area contributed by atoms with Gasteiger partial charge in [0.15, 0.2) is 5.82 Å². The van der Waals surface area contributed by atoms with Crippen LogP contribution in [0.4, 0.5) is 0 Å². The molecule has 0 amide bonds. The maximum absolute atomic E-state index is 4.73. The number of benzene rings is 1. The van der Waals surface area contributed by atoms with Crippen molar-refractivity contribution in [3.05, 3.63) is 46.8 Å². The van der Waals surface area contributed by atoms with E-state index in [-0.39, 0.29) is 0 Å². The summed E-state index contributed by atoms with van der Waals surface area (Å²) in [5, 5.41) is 3.37. The molecule has 0 saturated heterocycles. The average Bonchev–Trinajstić information content (AvgIpc) is 2.39. The third kappa shape index (κ3) is 1.91. The Morgan fingerprint density at radius 1 is 1.11 bits per heavy atom. The molecule has 18 heavy (non-hydrogen) atoms. The SMILES string of the molecule is Cc1ccccc1-c1nc(C)c2c(n1)CNCC2. The summed E-state index contributed by atoms with van der Waals surface area (Å²) in [5.41, 5.74) is 5.97. The standard InChI is InChI=1S/C15H17N3/c1-10-5-3-4-6-12(10)15-17-11(2)13-7-8-16-9-14(13)18-15/h3-6,16H,7-9H2,1-2H3. The molecular weight excluding hydrogens is 222 g/mol. The fourth-order valence-electron chi connectivity index (χ4n) is 2.49. The number of nitrogens with one attached hydrogen (secondary N) is 1. The van der Waals surface area contributed by atoms with E-state index in [1.165, 1.54) is 11.1 Å². The molecular formula is C15H17N3. The van der Waals surface area contributed by atoms with Crippen LogP contribution in [-0.4, -0.2) is 16.5 Å². The topological polar surface area (TPSA) is 37.8 Å². The Labute approximate surface area is 107 Å². The fourth-order valence-corrected chi connectivity index (χ4v) is 2.49. The second-order valence-electron chi connectivity index (χ2n) is 4.80. The second kappa shape index (κ2) is 4.50. The fraction of sp³-hybridized carbons (Fsp3) is 0.333. The summed E-state index contributed by atoms with van der Waals surface area (Å²) in [7, 11) is 0. The zero-order valence-electron chi connectivity index (χ0n) is 10.8. The lowest BCUT2D eigenvalue weighted by Crippen LogP contribution is -2.26. The molecule has 92 valence electrons. The number of aryl methyl sites for hydroxylation is 2. The number of rotatable bonds is 1. The van der Waals surface area contributed by atoms with Crippen molar-refractivity contribution in [1.82, 2.24) is 15.3 Å². The summed E-state index contributed by atoms with van der Waals surface area (Å²) in [6.45, 7) is 6.08. The minimum Gasteiger partial charge on any atom is -0.311 e. The molecule has 3 heteroatoms. The summed E-state index contributed by atoms with van der Waals surface area (Å²) in [4.78, 5) is 9.41. The van der Waals surface area contributed by atoms with Crippen LogP contribution in [0.5, 0.6) is 0 Å². The van der Waals surface area contributed by atoms with Crippen molar-refractivity contribution in [3.8, 4) is 11.4 Å². The molecule has 0 spiro atoms. The first-order valence-corrected chi connectivity index (χ1v) is 6.39. The van der Waals surface area contributed by atoms with Crippen LogP contribution in [0.3, 0.4) is 0 Å². The van der Waals surface area contributed by atoms with Crippen molar-refractivity contribution < 1.29 is 0 Å². The highest BCUT2D eigenvalue weighted by molar-refractivity contribution is 5.60. The van der Waals surface area contributed by atoms with Gasteiger partial charge < -0.3 is 5.32 Å². The number of aromatic nitrogens is 2. The Morgan fingerprint density at radius 3 is 2.78 bits per heavy atom. The van der Waals surface area contributed by atoms with E-state index in [0.717, 1.165) is 42.3 Å². The first kappa shape index (κ1) is 11.4. The summed E-state index contributed by atoms with van der Waals surface area (Å²) >= 11 is 0. The zero-order valence-corrected chi connectivity index (χ0v) is 10.8. The lowest BCUT2D eigenvalue weighted by molar-refractivity contribution is 0.620. The molecule has 3 rings (SSSR count). The van der Waals surface area contributed by atoms with Crippen LogP contribution in [0.1, 0.15) is 22.5 Å². The van der Waals surface area contributed by atoms with Gasteiger partial charge in [-0.15, -0.1) is 0 Å². The highest BCUT2D eigenvalue weighted by atomic mass is 15.0. The third-order valence-corrected chi connectivity index (χ3v) is 3.53. The first-order chi connectivity index (χ1) is 8.75. The van der Waals surface area contributed by atoms with Crippen LogP contribution < -0.4 is 5.32 Å². The van der Waals surface area contributed by atoms with Crippen molar-refractivity contribution in [2.45, 2.75) is 26.8 Å². The molecule has 0 fully saturated rings. The molecule has 3 nitrogen and oxygen atoms in total. The molecule has 0 atom stereocenters. The molecule has 1 aliphatic heterocycles. The highest BCUT2D eigenvalue weighted by Crippen LogP contribution is 2.23. The normalized spacial score (nSPS) is 14.3. The second-order valence-corrected chi connectivity index (χ2v) is 4.80. The predicted octanol–water partition coefficient (Wildman–Crippen LogP) is 2.41. The largest absolute Gasteiger partial charge is 0.311 e. The van der Waals surface area contributed by atoms with E-state index in [4.69, 9.17) is 4.98 Å². The molecule has 2 heterocycles. The monoisotopic (exact) mass is 239 g/mol. The quantitative estimate of drug-likeness (QED) is 0.830. The van der Waals surface area contributed by atoms with Crippen molar-refractivity contribution in [3.63, 3.8) is 0 Å². The van der Waals surface area contributed by atoms with Gasteiger partial charge in [-0.3, -0.25) is 0 Å². The van der Waals surface area contributed by atoms with Gasteiger partial charge in [-0.05, 0) is 37.9 Å². The van der Waals surface area contributed by atoms with Crippen molar-refractivity contribution >= 4 is 0 Å². The summed E-state index contributed by atoms with van der Waals surface area (Å²) in [5.74, 6) is 0.855. The number of fused-ring (bicyclic) bond motifs is 1. The Bertz CT molecular complexity index is 590. The minimum atomic E-state index is 0.855. The van der Waals surface area contributed by atoms with E-state index < -0.39 is 0 Å². The number of hydrogen-bond donors (Lipinski definition) is 1. The first-order valence-electron chi connectivity index (χ1n) is 6.39. The Kier molecular flexibility index (Phi) is 2.84. The smallest absolute Gasteiger partial charge is 0.159 e. The lowest BCUT2D eigenvalue weighted by atomic mass is 10.0. The highest BCUT2D eigenvalue weighted by Gasteiger charge is 2.16. The van der Waals surface area contributed by atoms with Gasteiger partial charge in [0.05, 0.1) is 5.69 Å². The van der Waals surface area contributed by atoms with E-state index in [0.29, 0.717) is 0 Å². The van der Waals surface area contributed by atoms with E-state index in [9.17, 15) is 0 Å². The zero-order chi connectivity index (χ0) is 12.5. The molecule has 1 aliphatic rings. The molecule has 1 aromatic heterocycles. The number of nitrogens with zero attached hydrogens (tertiary/aromatic N) is 2. The molecule has 1 N–H and O–H groups in total. The summed E-state index contributed by atoms with van der Waals surface area (Å²) in [6.07, 6.45) is 1.04. The van der Waals surface area contributed by atoms with E-state index in [2.05, 4.69) is 36.3 Å². The van der Waals surface area contributed by atoms with Crippen LogP contribution in [0.25, 0.3) is 11.4 Å². The Balaban J connectivity index is 2.14. The number of hydrogen-bond acceptors (Lipinski definition) is 3. The van der Waals surface area contributed by atoms with Gasteiger partial charge in [0.2, 0.25) is 0 Å². The molecule has 0 radical (unpaired) electrons. The van der Waals surface area contributed by atoms with Crippen molar-refractivity contribution in [2.75, 3.05) is 6.54 Å². The maximum atomic E-state index is 4.73. The Morgan fingerprint density at radius 2 is 1.94 bits per heavy atom. The molecule has 1 aromatic carbocycles. The summed E-state index contributed by atoms with van der Waals surface area (Å²) < 4.78 is 0. The van der Waals surface area contributed by atoms with Gasteiger partial charge in [0, 0.05) is 17.8 Å². The average molecular weight is 239 g/mol. The van der Waals surface area contributed by atoms with Crippen LogP contribution in [0.2, 0.25) is 0 Å². The van der Waals surface area contributed by atoms with E-state index in [1.807, 2.05) is 12.1 Å². The van der Waals surface area contributed by atoms with Gasteiger partial charge in [0.1, 0.15) is 0 Å². The van der Waals surface area contributed by atoms with E-state index >= 15 is 0 Å². The van der Waals surface area contributed by atoms with Crippen LogP contribution in [-0.2, 0) is 13.0 Å². The lowest BCUT2D eigenvalue weighted by Gasteiger charge is -2.19. The van der Waals surface area contributed by atoms with Gasteiger partial charge in [-0.1, -0.05) is 24.3 Å². The summed E-state index contributed by atoms with van der Waals surface area (Å²) in [6, 6.07) is 8.28. The molecule has 0 aliphatic carbocycles. The van der Waals surface area contributed by atoms with Crippen molar-refractivity contribution in [1.29, 1.82) is 0 Å². The van der Waals surface area contributed by atoms with Crippen LogP contribution >= 0.6 is 0 Å². The van der Waals surface area contributed by atoms with Gasteiger partial charge >= 0.3 is 0 Å². The molecule has 0 bridgehead atoms.